The number of hydrogen-bond acceptors (Lipinski definition) is 3. The molecule has 21 heavy (non-hydrogen) atoms. The molecule has 0 saturated heterocycles. The van der Waals surface area contributed by atoms with E-state index < -0.39 is 16.6 Å². The van der Waals surface area contributed by atoms with Crippen LogP contribution in [0, 0.1) is 0 Å². The van der Waals surface area contributed by atoms with E-state index in [1.54, 1.807) is 0 Å². The highest BCUT2D eigenvalue weighted by molar-refractivity contribution is 6.92. The predicted octanol–water partition coefficient (Wildman–Crippen LogP) is 3.44. The standard InChI is InChI=1S/C16H26O3Si2/c1-6-16(17)18-13-10-14-21(5,19-20(2,3)4)15-11-8-7-9-12-15/h6-9,11-12H,1,10,13-14H2,2-5H3. The fourth-order valence-corrected chi connectivity index (χ4v) is 10.7. The second-order valence-corrected chi connectivity index (χ2v) is 14.9. The number of hydrogen-bond donors (Lipinski definition) is 0. The van der Waals surface area contributed by atoms with Gasteiger partial charge in [0.2, 0.25) is 8.32 Å². The lowest BCUT2D eigenvalue weighted by atomic mass is 10.4. The number of carbonyl (C=O) groups is 1. The van der Waals surface area contributed by atoms with Crippen molar-refractivity contribution < 1.29 is 13.6 Å². The normalized spacial score (nSPS) is 14.3. The van der Waals surface area contributed by atoms with Gasteiger partial charge in [-0.05, 0) is 43.8 Å². The molecule has 0 bridgehead atoms. The molecular formula is C16H26O3Si2. The highest BCUT2D eigenvalue weighted by Gasteiger charge is 2.35. The van der Waals surface area contributed by atoms with Crippen molar-refractivity contribution in [2.45, 2.75) is 38.7 Å². The fourth-order valence-electron chi connectivity index (χ4n) is 2.36. The Hall–Kier alpha value is -1.18. The molecule has 5 heteroatoms. The first-order chi connectivity index (χ1) is 9.77. The molecule has 1 atom stereocenters. The molecule has 0 radical (unpaired) electrons. The second-order valence-electron chi connectivity index (χ2n) is 6.29. The second kappa shape index (κ2) is 7.72. The molecule has 0 spiro atoms. The zero-order valence-electron chi connectivity index (χ0n) is 13.5. The molecule has 0 heterocycles. The van der Waals surface area contributed by atoms with Crippen molar-refractivity contribution in [3.8, 4) is 0 Å². The molecule has 0 aliphatic carbocycles. The van der Waals surface area contributed by atoms with Gasteiger partial charge in [0, 0.05) is 6.08 Å². The summed E-state index contributed by atoms with van der Waals surface area (Å²) in [5.41, 5.74) is 0. The Morgan fingerprint density at radius 2 is 1.81 bits per heavy atom. The number of esters is 1. The summed E-state index contributed by atoms with van der Waals surface area (Å²) < 4.78 is 11.6. The maximum absolute atomic E-state index is 11.1. The van der Waals surface area contributed by atoms with E-state index in [0.29, 0.717) is 6.61 Å². The highest BCUT2D eigenvalue weighted by Crippen LogP contribution is 2.20. The quantitative estimate of drug-likeness (QED) is 0.318. The Kier molecular flexibility index (Phi) is 6.57. The van der Waals surface area contributed by atoms with Crippen molar-refractivity contribution in [1.29, 1.82) is 0 Å². The van der Waals surface area contributed by atoms with Gasteiger partial charge in [0.15, 0.2) is 8.32 Å². The van der Waals surface area contributed by atoms with Crippen LogP contribution in [0.5, 0.6) is 0 Å². The van der Waals surface area contributed by atoms with Crippen molar-refractivity contribution in [3.63, 3.8) is 0 Å². The van der Waals surface area contributed by atoms with Gasteiger partial charge >= 0.3 is 5.97 Å². The van der Waals surface area contributed by atoms with Gasteiger partial charge in [-0.3, -0.25) is 0 Å². The Morgan fingerprint density at radius 3 is 2.33 bits per heavy atom. The van der Waals surface area contributed by atoms with Crippen LogP contribution in [0.4, 0.5) is 0 Å². The van der Waals surface area contributed by atoms with E-state index >= 15 is 0 Å². The Bertz CT molecular complexity index is 468. The van der Waals surface area contributed by atoms with Gasteiger partial charge in [0.05, 0.1) is 6.61 Å². The molecule has 1 aromatic carbocycles. The van der Waals surface area contributed by atoms with Crippen LogP contribution in [0.2, 0.25) is 32.2 Å². The Labute approximate surface area is 130 Å². The zero-order valence-corrected chi connectivity index (χ0v) is 15.5. The van der Waals surface area contributed by atoms with E-state index in [1.165, 1.54) is 11.3 Å². The lowest BCUT2D eigenvalue weighted by Crippen LogP contribution is -2.53. The molecule has 0 saturated carbocycles. The van der Waals surface area contributed by atoms with Gasteiger partial charge in [-0.25, -0.2) is 4.79 Å². The summed E-state index contributed by atoms with van der Waals surface area (Å²) >= 11 is 0. The molecular weight excluding hydrogens is 296 g/mol. The molecule has 0 N–H and O–H groups in total. The molecule has 3 nitrogen and oxygen atoms in total. The number of rotatable bonds is 8. The Balaban J connectivity index is 2.74. The monoisotopic (exact) mass is 322 g/mol. The lowest BCUT2D eigenvalue weighted by molar-refractivity contribution is -0.137. The number of ether oxygens (including phenoxy) is 1. The van der Waals surface area contributed by atoms with E-state index in [9.17, 15) is 4.79 Å². The van der Waals surface area contributed by atoms with Crippen LogP contribution in [0.15, 0.2) is 43.0 Å². The van der Waals surface area contributed by atoms with Gasteiger partial charge in [-0.1, -0.05) is 36.9 Å². The number of benzene rings is 1. The smallest absolute Gasteiger partial charge is 0.330 e. The zero-order chi connectivity index (χ0) is 15.9. The van der Waals surface area contributed by atoms with Gasteiger partial charge < -0.3 is 8.85 Å². The third kappa shape index (κ3) is 6.41. The van der Waals surface area contributed by atoms with Crippen molar-refractivity contribution >= 4 is 27.8 Å². The molecule has 0 aliphatic heterocycles. The third-order valence-corrected chi connectivity index (χ3v) is 10.2. The summed E-state index contributed by atoms with van der Waals surface area (Å²) in [5.74, 6) is -0.357. The molecule has 1 rings (SSSR count). The predicted molar refractivity (Wildman–Crippen MR) is 92.7 cm³/mol. The van der Waals surface area contributed by atoms with Crippen molar-refractivity contribution in [2.75, 3.05) is 6.61 Å². The lowest BCUT2D eigenvalue weighted by Gasteiger charge is -2.35. The van der Waals surface area contributed by atoms with Crippen LogP contribution in [0.3, 0.4) is 0 Å². The minimum atomic E-state index is -2.00. The van der Waals surface area contributed by atoms with Crippen molar-refractivity contribution in [1.82, 2.24) is 0 Å². The van der Waals surface area contributed by atoms with Crippen LogP contribution in [-0.4, -0.2) is 29.2 Å². The SMILES string of the molecule is C=CC(=O)OCCC[Si](C)(O[Si](C)(C)C)c1ccccc1. The van der Waals surface area contributed by atoms with Crippen molar-refractivity contribution in [3.05, 3.63) is 43.0 Å². The first-order valence-corrected chi connectivity index (χ1v) is 13.3. The summed E-state index contributed by atoms with van der Waals surface area (Å²) in [6, 6.07) is 11.4. The maximum atomic E-state index is 11.1. The van der Waals surface area contributed by atoms with E-state index in [4.69, 9.17) is 8.85 Å². The van der Waals surface area contributed by atoms with Gasteiger partial charge in [-0.15, -0.1) is 0 Å². The molecule has 0 fully saturated rings. The first-order valence-electron chi connectivity index (χ1n) is 7.32. The van der Waals surface area contributed by atoms with E-state index in [-0.39, 0.29) is 5.97 Å². The summed E-state index contributed by atoms with van der Waals surface area (Å²) in [5, 5.41) is 1.31. The van der Waals surface area contributed by atoms with E-state index in [0.717, 1.165) is 12.5 Å². The highest BCUT2D eigenvalue weighted by atomic mass is 28.4. The molecule has 0 aromatic heterocycles. The summed E-state index contributed by atoms with van der Waals surface area (Å²) in [7, 11) is -3.63. The van der Waals surface area contributed by atoms with Crippen LogP contribution in [0.1, 0.15) is 6.42 Å². The first kappa shape index (κ1) is 17.9. The van der Waals surface area contributed by atoms with Crippen LogP contribution >= 0.6 is 0 Å². The molecule has 1 aromatic rings. The largest absolute Gasteiger partial charge is 0.463 e. The summed E-state index contributed by atoms with van der Waals surface area (Å²) in [6.07, 6.45) is 2.02. The maximum Gasteiger partial charge on any atom is 0.330 e. The minimum Gasteiger partial charge on any atom is -0.463 e. The van der Waals surface area contributed by atoms with Gasteiger partial charge in [-0.2, -0.15) is 0 Å². The Morgan fingerprint density at radius 1 is 1.19 bits per heavy atom. The van der Waals surface area contributed by atoms with E-state index in [1.807, 2.05) is 6.07 Å². The van der Waals surface area contributed by atoms with Gasteiger partial charge in [0.25, 0.3) is 0 Å². The average Bonchev–Trinajstić information content (AvgIpc) is 2.42. The molecule has 0 aliphatic rings. The third-order valence-electron chi connectivity index (χ3n) is 3.13. The fraction of sp³-hybridized carbons (Fsp3) is 0.438. The summed E-state index contributed by atoms with van der Waals surface area (Å²) in [6.45, 7) is 12.7. The number of carbonyl (C=O) groups excluding carboxylic acids is 1. The van der Waals surface area contributed by atoms with Crippen LogP contribution in [0.25, 0.3) is 0 Å². The van der Waals surface area contributed by atoms with E-state index in [2.05, 4.69) is 57.0 Å². The molecule has 1 unspecified atom stereocenters. The van der Waals surface area contributed by atoms with Crippen LogP contribution in [-0.2, 0) is 13.6 Å². The van der Waals surface area contributed by atoms with Crippen molar-refractivity contribution in [2.24, 2.45) is 0 Å². The minimum absolute atomic E-state index is 0.357. The topological polar surface area (TPSA) is 35.5 Å². The molecule has 0 amide bonds. The summed E-state index contributed by atoms with van der Waals surface area (Å²) in [4.78, 5) is 11.1. The average molecular weight is 323 g/mol. The van der Waals surface area contributed by atoms with Crippen LogP contribution < -0.4 is 5.19 Å². The molecule has 116 valence electrons. The van der Waals surface area contributed by atoms with Gasteiger partial charge in [0.1, 0.15) is 0 Å².